The average Bonchev–Trinajstić information content (AvgIpc) is 2.93. The van der Waals surface area contributed by atoms with Crippen molar-refractivity contribution in [2.45, 2.75) is 111 Å². The topological polar surface area (TPSA) is 37.3 Å². The Kier molecular flexibility index (Phi) is 5.99. The zero-order chi connectivity index (χ0) is 21.0. The van der Waals surface area contributed by atoms with Crippen LogP contribution in [0.25, 0.3) is 0 Å². The van der Waals surface area contributed by atoms with Gasteiger partial charge in [-0.05, 0) is 91.3 Å². The molecule has 4 rings (SSSR count). The number of rotatable bonds is 5. The Morgan fingerprint density at radius 1 is 1.00 bits per heavy atom. The molecule has 0 unspecified atom stereocenters. The second-order valence-corrected chi connectivity index (χ2v) is 12.6. The predicted octanol–water partition coefficient (Wildman–Crippen LogP) is 6.65. The molecule has 166 valence electrons. The Labute approximate surface area is 179 Å². The van der Waals surface area contributed by atoms with Crippen molar-refractivity contribution in [2.75, 3.05) is 0 Å². The van der Waals surface area contributed by atoms with Crippen molar-refractivity contribution in [1.82, 2.24) is 0 Å². The zero-order valence-corrected chi connectivity index (χ0v) is 19.8. The van der Waals surface area contributed by atoms with Crippen molar-refractivity contribution >= 4 is 5.78 Å². The van der Waals surface area contributed by atoms with Gasteiger partial charge in [0.1, 0.15) is 5.78 Å². The van der Waals surface area contributed by atoms with E-state index in [0.29, 0.717) is 46.7 Å². The summed E-state index contributed by atoms with van der Waals surface area (Å²) < 4.78 is 0. The third-order valence-electron chi connectivity index (χ3n) is 10.6. The summed E-state index contributed by atoms with van der Waals surface area (Å²) in [6, 6.07) is 0. The van der Waals surface area contributed by atoms with Crippen LogP contribution in [0.3, 0.4) is 0 Å². The van der Waals surface area contributed by atoms with Crippen LogP contribution in [0.15, 0.2) is 0 Å². The highest BCUT2D eigenvalue weighted by Crippen LogP contribution is 2.67. The molecular weight excluding hydrogens is 356 g/mol. The number of ketones is 1. The van der Waals surface area contributed by atoms with Gasteiger partial charge in [-0.15, -0.1) is 0 Å². The molecule has 9 atom stereocenters. The lowest BCUT2D eigenvalue weighted by atomic mass is 9.44. The molecule has 0 amide bonds. The molecule has 0 spiro atoms. The van der Waals surface area contributed by atoms with E-state index < -0.39 is 0 Å². The zero-order valence-electron chi connectivity index (χ0n) is 19.8. The molecular formula is C27H46O2. The predicted molar refractivity (Wildman–Crippen MR) is 119 cm³/mol. The van der Waals surface area contributed by atoms with Gasteiger partial charge in [-0.2, -0.15) is 0 Å². The summed E-state index contributed by atoms with van der Waals surface area (Å²) in [7, 11) is 0. The maximum Gasteiger partial charge on any atom is 0.137 e. The van der Waals surface area contributed by atoms with Crippen molar-refractivity contribution in [3.63, 3.8) is 0 Å². The third-order valence-corrected chi connectivity index (χ3v) is 10.6. The van der Waals surface area contributed by atoms with Gasteiger partial charge in [-0.1, -0.05) is 53.9 Å². The number of aliphatic hydroxyl groups excluding tert-OH is 1. The summed E-state index contributed by atoms with van der Waals surface area (Å²) in [5.41, 5.74) is 0.609. The van der Waals surface area contributed by atoms with Crippen LogP contribution in [0.1, 0.15) is 105 Å². The molecule has 0 radical (unpaired) electrons. The summed E-state index contributed by atoms with van der Waals surface area (Å²) >= 11 is 0. The maximum absolute atomic E-state index is 13.4. The fourth-order valence-electron chi connectivity index (χ4n) is 8.97. The highest BCUT2D eigenvalue weighted by molar-refractivity contribution is 5.85. The molecule has 0 saturated heterocycles. The number of hydrogen-bond acceptors (Lipinski definition) is 2. The summed E-state index contributed by atoms with van der Waals surface area (Å²) in [6.07, 6.45) is 12.9. The van der Waals surface area contributed by atoms with Crippen LogP contribution in [0.2, 0.25) is 0 Å². The fraction of sp³-hybridized carbons (Fsp3) is 0.963. The quantitative estimate of drug-likeness (QED) is 0.559. The van der Waals surface area contributed by atoms with Gasteiger partial charge in [-0.3, -0.25) is 4.79 Å². The summed E-state index contributed by atoms with van der Waals surface area (Å²) in [5.74, 6) is 5.02. The molecule has 2 nitrogen and oxygen atoms in total. The Morgan fingerprint density at radius 2 is 1.72 bits per heavy atom. The van der Waals surface area contributed by atoms with E-state index in [1.807, 2.05) is 0 Å². The maximum atomic E-state index is 13.4. The minimum atomic E-state index is -0.0809. The first-order valence-electron chi connectivity index (χ1n) is 12.9. The largest absolute Gasteiger partial charge is 0.393 e. The van der Waals surface area contributed by atoms with Gasteiger partial charge in [0.15, 0.2) is 0 Å². The first-order valence-corrected chi connectivity index (χ1v) is 12.9. The van der Waals surface area contributed by atoms with Crippen LogP contribution >= 0.6 is 0 Å². The van der Waals surface area contributed by atoms with E-state index in [0.717, 1.165) is 25.2 Å². The number of carbonyl (C=O) groups is 1. The first-order chi connectivity index (χ1) is 13.7. The van der Waals surface area contributed by atoms with Crippen LogP contribution in [-0.2, 0) is 4.79 Å². The highest BCUT2D eigenvalue weighted by Gasteiger charge is 2.63. The van der Waals surface area contributed by atoms with Gasteiger partial charge < -0.3 is 5.11 Å². The fourth-order valence-corrected chi connectivity index (χ4v) is 8.97. The van der Waals surface area contributed by atoms with Crippen molar-refractivity contribution in [3.8, 4) is 0 Å². The van der Waals surface area contributed by atoms with E-state index >= 15 is 0 Å². The average molecular weight is 403 g/mol. The number of aliphatic hydroxyl groups is 1. The second kappa shape index (κ2) is 7.95. The molecule has 29 heavy (non-hydrogen) atoms. The number of fused-ring (bicyclic) bond motifs is 5. The Morgan fingerprint density at radius 3 is 2.45 bits per heavy atom. The molecule has 1 N–H and O–H groups in total. The Bertz CT molecular complexity index is 612. The molecule has 4 fully saturated rings. The van der Waals surface area contributed by atoms with Gasteiger partial charge in [0.05, 0.1) is 6.10 Å². The van der Waals surface area contributed by atoms with Crippen LogP contribution < -0.4 is 0 Å². The van der Waals surface area contributed by atoms with Crippen molar-refractivity contribution in [3.05, 3.63) is 0 Å². The van der Waals surface area contributed by atoms with Gasteiger partial charge >= 0.3 is 0 Å². The van der Waals surface area contributed by atoms with Gasteiger partial charge in [0.25, 0.3) is 0 Å². The third kappa shape index (κ3) is 3.64. The van der Waals surface area contributed by atoms with Crippen molar-refractivity contribution in [2.24, 2.45) is 52.3 Å². The molecule has 0 heterocycles. The smallest absolute Gasteiger partial charge is 0.137 e. The van der Waals surface area contributed by atoms with Crippen LogP contribution in [0.5, 0.6) is 0 Å². The SMILES string of the molecule is CC(C)CCC[C@@H](C)[C@H]1CC(=O)[C@H]2[C@@H]3CC[C@H]4C[C@@H](O)CC[C@]4(C)[C@H]3CC[C@]12C. The lowest BCUT2D eigenvalue weighted by Gasteiger charge is -2.60. The molecule has 4 aliphatic rings. The minimum absolute atomic E-state index is 0.0809. The van der Waals surface area contributed by atoms with Gasteiger partial charge in [0, 0.05) is 12.3 Å². The summed E-state index contributed by atoms with van der Waals surface area (Å²) in [6.45, 7) is 12.1. The summed E-state index contributed by atoms with van der Waals surface area (Å²) in [4.78, 5) is 13.4. The minimum Gasteiger partial charge on any atom is -0.393 e. The second-order valence-electron chi connectivity index (χ2n) is 12.6. The Balaban J connectivity index is 1.51. The van der Waals surface area contributed by atoms with Crippen molar-refractivity contribution < 1.29 is 9.90 Å². The summed E-state index contributed by atoms with van der Waals surface area (Å²) in [5, 5.41) is 10.2. The monoisotopic (exact) mass is 402 g/mol. The normalized spacial score (nSPS) is 48.2. The molecule has 0 aromatic rings. The van der Waals surface area contributed by atoms with E-state index in [4.69, 9.17) is 0 Å². The van der Waals surface area contributed by atoms with Crippen LogP contribution in [0, 0.1) is 52.3 Å². The first kappa shape index (κ1) is 21.8. The number of Topliss-reactive ketones (excluding diaryl/α,β-unsaturated/α-hetero) is 1. The van der Waals surface area contributed by atoms with Crippen LogP contribution in [-0.4, -0.2) is 17.0 Å². The van der Waals surface area contributed by atoms with Crippen molar-refractivity contribution in [1.29, 1.82) is 0 Å². The van der Waals surface area contributed by atoms with E-state index in [2.05, 4.69) is 34.6 Å². The molecule has 0 aromatic heterocycles. The van der Waals surface area contributed by atoms with E-state index in [1.54, 1.807) is 0 Å². The van der Waals surface area contributed by atoms with E-state index in [-0.39, 0.29) is 11.5 Å². The standard InChI is InChI=1S/C27H46O2/c1-17(2)7-6-8-18(3)23-16-24(29)25-21-10-9-19-15-20(28)11-13-26(19,4)22(21)12-14-27(23,25)5/h17-23,25,28H,6-16H2,1-5H3/t18-,19+,20+,21-,22+,23-,25-,26+,27-/m1/s1. The lowest BCUT2D eigenvalue weighted by molar-refractivity contribution is -0.146. The van der Waals surface area contributed by atoms with E-state index in [1.165, 1.54) is 51.4 Å². The molecule has 4 aliphatic carbocycles. The lowest BCUT2D eigenvalue weighted by Crippen LogP contribution is -2.55. The van der Waals surface area contributed by atoms with Gasteiger partial charge in [0.2, 0.25) is 0 Å². The molecule has 0 aliphatic heterocycles. The molecule has 0 bridgehead atoms. The Hall–Kier alpha value is -0.370. The number of carbonyl (C=O) groups excluding carboxylic acids is 1. The van der Waals surface area contributed by atoms with E-state index in [9.17, 15) is 9.90 Å². The highest BCUT2D eigenvalue weighted by atomic mass is 16.3. The number of hydrogen-bond donors (Lipinski definition) is 1. The molecule has 2 heteroatoms. The molecule has 4 saturated carbocycles. The molecule has 0 aromatic carbocycles. The van der Waals surface area contributed by atoms with Crippen LogP contribution in [0.4, 0.5) is 0 Å². The van der Waals surface area contributed by atoms with Gasteiger partial charge in [-0.25, -0.2) is 0 Å².